The quantitative estimate of drug-likeness (QED) is 0.487. The number of hydrogen-bond acceptors (Lipinski definition) is 5. The molecule has 0 aliphatic heterocycles. The van der Waals surface area contributed by atoms with Crippen molar-refractivity contribution in [3.63, 3.8) is 0 Å². The smallest absolute Gasteiger partial charge is 0.240 e. The van der Waals surface area contributed by atoms with Gasteiger partial charge < -0.3 is 21.8 Å². The molecule has 2 atom stereocenters. The summed E-state index contributed by atoms with van der Waals surface area (Å²) in [6.45, 7) is 0. The number of amides is 2. The van der Waals surface area contributed by atoms with E-state index in [1.165, 1.54) is 6.33 Å². The van der Waals surface area contributed by atoms with Gasteiger partial charge in [-0.05, 0) is 18.4 Å². The van der Waals surface area contributed by atoms with E-state index in [0.717, 1.165) is 11.4 Å². The van der Waals surface area contributed by atoms with Crippen molar-refractivity contribution in [3.8, 4) is 0 Å². The minimum Gasteiger partial charge on any atom is -0.368 e. The largest absolute Gasteiger partial charge is 0.368 e. The number of imidazole rings is 1. The average Bonchev–Trinajstić information content (AvgIpc) is 2.86. The highest BCUT2D eigenvalue weighted by atomic mass is 32.2. The Kier molecular flexibility index (Phi) is 6.37. The minimum atomic E-state index is -0.739. The standard InChI is InChI=1S/C11H19N5O2S/c1-19-3-2-9(10(13)17)16-11(18)8(12)4-7-5-14-6-15-7/h5-6,8-9H,2-4,12H2,1H3,(H2,13,17)(H,14,15)(H,16,18)/t8-,9-/m0/s1. The molecule has 1 heterocycles. The third-order valence-electron chi connectivity index (χ3n) is 2.60. The van der Waals surface area contributed by atoms with Crippen LogP contribution in [0, 0.1) is 0 Å². The van der Waals surface area contributed by atoms with E-state index in [-0.39, 0.29) is 5.91 Å². The van der Waals surface area contributed by atoms with Crippen molar-refractivity contribution in [2.75, 3.05) is 12.0 Å². The van der Waals surface area contributed by atoms with Gasteiger partial charge in [0.1, 0.15) is 6.04 Å². The van der Waals surface area contributed by atoms with Gasteiger partial charge in [0.25, 0.3) is 0 Å². The number of nitrogens with zero attached hydrogens (tertiary/aromatic N) is 1. The van der Waals surface area contributed by atoms with Gasteiger partial charge in [0, 0.05) is 18.3 Å². The normalized spacial score (nSPS) is 13.8. The molecule has 0 fully saturated rings. The Labute approximate surface area is 115 Å². The van der Waals surface area contributed by atoms with Crippen LogP contribution in [0.2, 0.25) is 0 Å². The van der Waals surface area contributed by atoms with E-state index in [1.807, 2.05) is 6.26 Å². The van der Waals surface area contributed by atoms with Crippen molar-refractivity contribution in [2.24, 2.45) is 11.5 Å². The molecule has 0 aromatic carbocycles. The van der Waals surface area contributed by atoms with Gasteiger partial charge in [-0.2, -0.15) is 11.8 Å². The van der Waals surface area contributed by atoms with Crippen molar-refractivity contribution >= 4 is 23.6 Å². The molecule has 0 spiro atoms. The van der Waals surface area contributed by atoms with Gasteiger partial charge >= 0.3 is 0 Å². The van der Waals surface area contributed by atoms with Crippen LogP contribution in [0.5, 0.6) is 0 Å². The Hall–Kier alpha value is -1.54. The van der Waals surface area contributed by atoms with E-state index in [9.17, 15) is 9.59 Å². The lowest BCUT2D eigenvalue weighted by atomic mass is 10.1. The maximum atomic E-state index is 11.9. The van der Waals surface area contributed by atoms with Gasteiger partial charge in [0.05, 0.1) is 12.4 Å². The Balaban J connectivity index is 2.48. The number of thioether (sulfide) groups is 1. The molecule has 0 bridgehead atoms. The molecule has 0 aliphatic carbocycles. The van der Waals surface area contributed by atoms with E-state index in [1.54, 1.807) is 18.0 Å². The second-order valence-electron chi connectivity index (χ2n) is 4.13. The molecular formula is C11H19N5O2S. The number of rotatable bonds is 8. The summed E-state index contributed by atoms with van der Waals surface area (Å²) in [5, 5.41) is 2.58. The first-order valence-corrected chi connectivity index (χ1v) is 7.25. The first-order valence-electron chi connectivity index (χ1n) is 5.86. The molecule has 7 nitrogen and oxygen atoms in total. The SMILES string of the molecule is CSCC[C@H](NC(=O)[C@@H](N)Cc1cnc[nH]1)C(N)=O. The van der Waals surface area contributed by atoms with E-state index in [4.69, 9.17) is 11.5 Å². The number of hydrogen-bond donors (Lipinski definition) is 4. The van der Waals surface area contributed by atoms with Crippen LogP contribution in [-0.2, 0) is 16.0 Å². The maximum absolute atomic E-state index is 11.9. The molecule has 2 amide bonds. The predicted molar refractivity (Wildman–Crippen MR) is 74.4 cm³/mol. The van der Waals surface area contributed by atoms with E-state index < -0.39 is 18.0 Å². The average molecular weight is 285 g/mol. The molecule has 0 saturated carbocycles. The maximum Gasteiger partial charge on any atom is 0.240 e. The Morgan fingerprint density at radius 3 is 2.84 bits per heavy atom. The summed E-state index contributed by atoms with van der Waals surface area (Å²) in [4.78, 5) is 29.8. The van der Waals surface area contributed by atoms with Gasteiger partial charge in [-0.25, -0.2) is 4.98 Å². The Morgan fingerprint density at radius 2 is 2.32 bits per heavy atom. The zero-order valence-electron chi connectivity index (χ0n) is 10.8. The lowest BCUT2D eigenvalue weighted by molar-refractivity contribution is -0.128. The highest BCUT2D eigenvalue weighted by Gasteiger charge is 2.21. The second kappa shape index (κ2) is 7.80. The molecule has 1 aromatic heterocycles. The van der Waals surface area contributed by atoms with Crippen LogP contribution in [0.1, 0.15) is 12.1 Å². The van der Waals surface area contributed by atoms with E-state index in [0.29, 0.717) is 12.8 Å². The van der Waals surface area contributed by atoms with Crippen LogP contribution < -0.4 is 16.8 Å². The van der Waals surface area contributed by atoms with E-state index in [2.05, 4.69) is 15.3 Å². The van der Waals surface area contributed by atoms with Crippen LogP contribution in [0.25, 0.3) is 0 Å². The van der Waals surface area contributed by atoms with Crippen molar-refractivity contribution < 1.29 is 9.59 Å². The van der Waals surface area contributed by atoms with Gasteiger partial charge in [-0.3, -0.25) is 9.59 Å². The highest BCUT2D eigenvalue weighted by Crippen LogP contribution is 2.02. The number of nitrogens with two attached hydrogens (primary N) is 2. The molecule has 19 heavy (non-hydrogen) atoms. The van der Waals surface area contributed by atoms with Crippen molar-refractivity contribution in [1.82, 2.24) is 15.3 Å². The summed E-state index contributed by atoms with van der Waals surface area (Å²) < 4.78 is 0. The zero-order valence-corrected chi connectivity index (χ0v) is 11.6. The number of aromatic amines is 1. The van der Waals surface area contributed by atoms with Gasteiger partial charge in [0.2, 0.25) is 11.8 Å². The van der Waals surface area contributed by atoms with Crippen LogP contribution in [0.4, 0.5) is 0 Å². The van der Waals surface area contributed by atoms with Gasteiger partial charge in [-0.15, -0.1) is 0 Å². The fourth-order valence-corrected chi connectivity index (χ4v) is 2.00. The summed E-state index contributed by atoms with van der Waals surface area (Å²) in [5.74, 6) is -0.195. The summed E-state index contributed by atoms with van der Waals surface area (Å²) in [7, 11) is 0. The molecule has 0 radical (unpaired) electrons. The second-order valence-corrected chi connectivity index (χ2v) is 5.12. The van der Waals surface area contributed by atoms with Crippen LogP contribution in [0.15, 0.2) is 12.5 Å². The molecule has 106 valence electrons. The highest BCUT2D eigenvalue weighted by molar-refractivity contribution is 7.98. The zero-order chi connectivity index (χ0) is 14.3. The summed E-state index contributed by atoms with van der Waals surface area (Å²) in [6.07, 6.45) is 5.87. The number of carbonyl (C=O) groups excluding carboxylic acids is 2. The number of H-pyrrole nitrogens is 1. The Morgan fingerprint density at radius 1 is 1.58 bits per heavy atom. The number of aromatic nitrogens is 2. The van der Waals surface area contributed by atoms with Crippen LogP contribution >= 0.6 is 11.8 Å². The number of nitrogens with one attached hydrogen (secondary N) is 2. The fourth-order valence-electron chi connectivity index (χ4n) is 1.53. The monoisotopic (exact) mass is 285 g/mol. The lowest BCUT2D eigenvalue weighted by Gasteiger charge is -2.17. The van der Waals surface area contributed by atoms with Crippen LogP contribution in [0.3, 0.4) is 0 Å². The topological polar surface area (TPSA) is 127 Å². The molecule has 1 rings (SSSR count). The van der Waals surface area contributed by atoms with E-state index >= 15 is 0 Å². The number of primary amides is 1. The first kappa shape index (κ1) is 15.5. The first-order chi connectivity index (χ1) is 9.04. The molecule has 6 N–H and O–H groups in total. The van der Waals surface area contributed by atoms with Crippen molar-refractivity contribution in [1.29, 1.82) is 0 Å². The van der Waals surface area contributed by atoms with Crippen molar-refractivity contribution in [3.05, 3.63) is 18.2 Å². The van der Waals surface area contributed by atoms with Gasteiger partial charge in [0.15, 0.2) is 0 Å². The van der Waals surface area contributed by atoms with Gasteiger partial charge in [-0.1, -0.05) is 0 Å². The van der Waals surface area contributed by atoms with Crippen molar-refractivity contribution in [2.45, 2.75) is 24.9 Å². The molecule has 0 saturated heterocycles. The third-order valence-corrected chi connectivity index (χ3v) is 3.25. The fraction of sp³-hybridized carbons (Fsp3) is 0.545. The lowest BCUT2D eigenvalue weighted by Crippen LogP contribution is -2.51. The molecular weight excluding hydrogens is 266 g/mol. The Bertz CT molecular complexity index is 409. The molecule has 8 heteroatoms. The summed E-state index contributed by atoms with van der Waals surface area (Å²) >= 11 is 1.58. The summed E-state index contributed by atoms with van der Waals surface area (Å²) in [6, 6.07) is -1.41. The molecule has 0 aliphatic rings. The third kappa shape index (κ3) is 5.31. The molecule has 1 aromatic rings. The predicted octanol–water partition coefficient (Wildman–Crippen LogP) is -0.997. The van der Waals surface area contributed by atoms with Crippen LogP contribution in [-0.4, -0.2) is 45.9 Å². The summed E-state index contributed by atoms with van der Waals surface area (Å²) in [5.41, 5.74) is 11.8. The minimum absolute atomic E-state index is 0.333. The molecule has 0 unspecified atom stereocenters. The number of carbonyl (C=O) groups is 2.